The van der Waals surface area contributed by atoms with Crippen LogP contribution in [0.4, 0.5) is 5.69 Å². The molecule has 0 unspecified atom stereocenters. The lowest BCUT2D eigenvalue weighted by Gasteiger charge is -2.10. The van der Waals surface area contributed by atoms with E-state index in [2.05, 4.69) is 5.32 Å². The highest BCUT2D eigenvalue weighted by atomic mass is 35.5. The summed E-state index contributed by atoms with van der Waals surface area (Å²) in [5.41, 5.74) is 0.667. The maximum atomic E-state index is 13.0. The Kier molecular flexibility index (Phi) is 7.75. The molecule has 3 rings (SSSR count). The van der Waals surface area contributed by atoms with Gasteiger partial charge >= 0.3 is 0 Å². The van der Waals surface area contributed by atoms with Crippen molar-refractivity contribution >= 4 is 57.8 Å². The van der Waals surface area contributed by atoms with Gasteiger partial charge in [0.2, 0.25) is 0 Å². The minimum Gasteiger partial charge on any atom is -0.492 e. The number of nitrogens with zero attached hydrogens (tertiary/aromatic N) is 2. The highest BCUT2D eigenvalue weighted by molar-refractivity contribution is 7.07. The maximum absolute atomic E-state index is 13.0. The van der Waals surface area contributed by atoms with Crippen molar-refractivity contribution in [3.05, 3.63) is 77.6 Å². The quantitative estimate of drug-likeness (QED) is 0.573. The van der Waals surface area contributed by atoms with Gasteiger partial charge in [-0.15, -0.1) is 11.3 Å². The number of ether oxygens (including phenoxy) is 1. The predicted molar refractivity (Wildman–Crippen MR) is 129 cm³/mol. The van der Waals surface area contributed by atoms with Gasteiger partial charge in [0.05, 0.1) is 26.9 Å². The molecule has 2 aromatic carbocycles. The fraction of sp³-hybridized carbons (Fsp3) is 0.174. The number of nitrogens with one attached hydrogen (secondary N) is 1. The number of carbonyl (C=O) groups excluding carboxylic acids is 1. The summed E-state index contributed by atoms with van der Waals surface area (Å²) < 4.78 is 7.57. The third kappa shape index (κ3) is 5.05. The summed E-state index contributed by atoms with van der Waals surface area (Å²) in [5, 5.41) is 13.2. The zero-order chi connectivity index (χ0) is 23.3. The summed E-state index contributed by atoms with van der Waals surface area (Å²) in [7, 11) is 0. The third-order valence-corrected chi connectivity index (χ3v) is 6.32. The molecule has 0 aliphatic rings. The van der Waals surface area contributed by atoms with Crippen LogP contribution in [0.25, 0.3) is 11.6 Å². The lowest BCUT2D eigenvalue weighted by molar-refractivity contribution is -0.111. The second-order valence-corrected chi connectivity index (χ2v) is 8.35. The number of hydrogen-bond donors (Lipinski definition) is 1. The van der Waals surface area contributed by atoms with Crippen molar-refractivity contribution in [2.75, 3.05) is 11.9 Å². The summed E-state index contributed by atoms with van der Waals surface area (Å²) in [5.74, 6) is -0.127. The van der Waals surface area contributed by atoms with E-state index in [9.17, 15) is 14.9 Å². The molecule has 0 saturated carbocycles. The van der Waals surface area contributed by atoms with E-state index in [1.54, 1.807) is 55.5 Å². The summed E-state index contributed by atoms with van der Waals surface area (Å²) in [4.78, 5) is 25.9. The molecule has 32 heavy (non-hydrogen) atoms. The minimum absolute atomic E-state index is 0.158. The third-order valence-electron chi connectivity index (χ3n) is 4.45. The van der Waals surface area contributed by atoms with Crippen molar-refractivity contribution in [3.8, 4) is 11.8 Å². The molecular weight excluding hydrogens is 469 g/mol. The van der Waals surface area contributed by atoms with E-state index in [-0.39, 0.29) is 15.8 Å². The van der Waals surface area contributed by atoms with Gasteiger partial charge in [-0.2, -0.15) is 5.26 Å². The molecule has 0 spiro atoms. The van der Waals surface area contributed by atoms with Crippen molar-refractivity contribution in [3.63, 3.8) is 0 Å². The molecule has 6 nitrogen and oxygen atoms in total. The van der Waals surface area contributed by atoms with Crippen LogP contribution in [-0.4, -0.2) is 17.1 Å². The molecule has 0 aliphatic carbocycles. The smallest absolute Gasteiger partial charge is 0.269 e. The van der Waals surface area contributed by atoms with Crippen molar-refractivity contribution < 1.29 is 9.53 Å². The molecule has 1 N–H and O–H groups in total. The number of anilines is 1. The summed E-state index contributed by atoms with van der Waals surface area (Å²) >= 11 is 13.1. The number of rotatable bonds is 6. The van der Waals surface area contributed by atoms with E-state index in [1.165, 1.54) is 4.57 Å². The molecule has 1 heterocycles. The lowest BCUT2D eigenvalue weighted by atomic mass is 10.2. The van der Waals surface area contributed by atoms with Gasteiger partial charge in [0.25, 0.3) is 11.5 Å². The molecular formula is C23H19Cl2N3O3S. The molecule has 0 saturated heterocycles. The molecule has 0 aliphatic heterocycles. The van der Waals surface area contributed by atoms with Gasteiger partial charge in [-0.1, -0.05) is 41.4 Å². The Morgan fingerprint density at radius 1 is 1.22 bits per heavy atom. The number of amides is 1. The molecule has 0 atom stereocenters. The van der Waals surface area contributed by atoms with Crippen molar-refractivity contribution in [1.29, 1.82) is 5.26 Å². The van der Waals surface area contributed by atoms with Gasteiger partial charge in [0.1, 0.15) is 16.5 Å². The van der Waals surface area contributed by atoms with E-state index in [0.29, 0.717) is 44.7 Å². The van der Waals surface area contributed by atoms with Crippen molar-refractivity contribution in [1.82, 2.24) is 4.57 Å². The van der Waals surface area contributed by atoms with Crippen LogP contribution in [0.15, 0.2) is 47.3 Å². The Hall–Kier alpha value is -3.05. The second kappa shape index (κ2) is 10.5. The number of thiazole rings is 1. The van der Waals surface area contributed by atoms with Gasteiger partial charge < -0.3 is 10.1 Å². The first-order valence-corrected chi connectivity index (χ1v) is 11.3. The second-order valence-electron chi connectivity index (χ2n) is 6.51. The van der Waals surface area contributed by atoms with Crippen LogP contribution in [0.2, 0.25) is 10.0 Å². The molecule has 0 radical (unpaired) electrons. The van der Waals surface area contributed by atoms with E-state index >= 15 is 0 Å². The predicted octanol–water partition coefficient (Wildman–Crippen LogP) is 3.78. The first kappa shape index (κ1) is 23.6. The zero-order valence-electron chi connectivity index (χ0n) is 17.3. The lowest BCUT2D eigenvalue weighted by Crippen LogP contribution is -2.33. The first-order valence-electron chi connectivity index (χ1n) is 9.73. The Morgan fingerprint density at radius 3 is 2.62 bits per heavy atom. The largest absolute Gasteiger partial charge is 0.492 e. The fourth-order valence-electron chi connectivity index (χ4n) is 2.98. The van der Waals surface area contributed by atoms with Crippen LogP contribution in [0.5, 0.6) is 5.75 Å². The van der Waals surface area contributed by atoms with Crippen LogP contribution >= 0.6 is 34.5 Å². The molecule has 0 bridgehead atoms. The standard InChI is InChI=1S/C23H19Cl2N3O3S/c1-3-28-22(30)20(12-14-9-10-16(24)17(25)11-14)32-23(28)15(13-26)21(29)27-18-7-5-6-8-19(18)31-4-2/h5-12H,3-4H2,1-2H3,(H,27,29)/b20-12-,23-15-. The first-order chi connectivity index (χ1) is 15.4. The Bertz CT molecular complexity index is 1390. The normalized spacial score (nSPS) is 12.3. The van der Waals surface area contributed by atoms with Gasteiger partial charge in [0.15, 0.2) is 5.57 Å². The molecule has 9 heteroatoms. The van der Waals surface area contributed by atoms with E-state index < -0.39 is 5.91 Å². The van der Waals surface area contributed by atoms with Crippen LogP contribution in [0, 0.1) is 11.3 Å². The van der Waals surface area contributed by atoms with Crippen LogP contribution in [-0.2, 0) is 11.3 Å². The topological polar surface area (TPSA) is 84.1 Å². The van der Waals surface area contributed by atoms with Gasteiger partial charge in [-0.3, -0.25) is 14.2 Å². The Morgan fingerprint density at radius 2 is 1.97 bits per heavy atom. The molecule has 0 fully saturated rings. The number of carbonyl (C=O) groups is 1. The maximum Gasteiger partial charge on any atom is 0.269 e. The van der Waals surface area contributed by atoms with Gasteiger partial charge in [0, 0.05) is 6.54 Å². The molecule has 1 aromatic heterocycles. The number of nitriles is 1. The van der Waals surface area contributed by atoms with Gasteiger partial charge in [-0.05, 0) is 49.8 Å². The molecule has 1 amide bonds. The van der Waals surface area contributed by atoms with E-state index in [0.717, 1.165) is 11.3 Å². The number of aromatic nitrogens is 1. The minimum atomic E-state index is -0.621. The monoisotopic (exact) mass is 487 g/mol. The highest BCUT2D eigenvalue weighted by Gasteiger charge is 2.17. The van der Waals surface area contributed by atoms with E-state index in [1.807, 2.05) is 13.0 Å². The molecule has 3 aromatic rings. The average molecular weight is 488 g/mol. The number of benzene rings is 2. The number of hydrogen-bond acceptors (Lipinski definition) is 5. The summed E-state index contributed by atoms with van der Waals surface area (Å²) in [6.07, 6.45) is 1.65. The highest BCUT2D eigenvalue weighted by Crippen LogP contribution is 2.24. The van der Waals surface area contributed by atoms with Crippen LogP contribution in [0.3, 0.4) is 0 Å². The van der Waals surface area contributed by atoms with Crippen molar-refractivity contribution in [2.45, 2.75) is 20.4 Å². The van der Waals surface area contributed by atoms with Crippen LogP contribution < -0.4 is 24.8 Å². The van der Waals surface area contributed by atoms with E-state index in [4.69, 9.17) is 27.9 Å². The van der Waals surface area contributed by atoms with Crippen LogP contribution in [0.1, 0.15) is 19.4 Å². The average Bonchev–Trinajstić information content (AvgIpc) is 3.07. The zero-order valence-corrected chi connectivity index (χ0v) is 19.6. The molecule has 164 valence electrons. The van der Waals surface area contributed by atoms with Gasteiger partial charge in [-0.25, -0.2) is 0 Å². The number of halogens is 2. The number of para-hydroxylation sites is 2. The SMILES string of the molecule is CCOc1ccccc1NC(=O)/C(C#N)=c1\s/c(=C\c2ccc(Cl)c(Cl)c2)c(=O)n1CC. The Balaban J connectivity index is 2.12. The Labute approximate surface area is 198 Å². The summed E-state index contributed by atoms with van der Waals surface area (Å²) in [6.45, 7) is 4.34. The fourth-order valence-corrected chi connectivity index (χ4v) is 4.45. The summed E-state index contributed by atoms with van der Waals surface area (Å²) in [6, 6.07) is 13.9. The van der Waals surface area contributed by atoms with Crippen molar-refractivity contribution in [2.24, 2.45) is 0 Å².